The predicted molar refractivity (Wildman–Crippen MR) is 117 cm³/mol. The van der Waals surface area contributed by atoms with Gasteiger partial charge in [-0.05, 0) is 55.5 Å². The summed E-state index contributed by atoms with van der Waals surface area (Å²) in [6.07, 6.45) is 0.107. The Hall–Kier alpha value is -1.64. The maximum absolute atomic E-state index is 12.7. The lowest BCUT2D eigenvalue weighted by Crippen LogP contribution is -2.33. The SMILES string of the molecule is CCN1C(=O)C(CC(=O)Nc2ccc(Br)cc2)SC1=Nc1ccc(Br)cc1. The lowest BCUT2D eigenvalue weighted by atomic mass is 10.2. The van der Waals surface area contributed by atoms with E-state index in [4.69, 9.17) is 0 Å². The molecule has 1 N–H and O–H groups in total. The minimum atomic E-state index is -0.463. The number of aliphatic imine (C=N–C) groups is 1. The van der Waals surface area contributed by atoms with Gasteiger partial charge in [0.05, 0.1) is 5.69 Å². The zero-order valence-electron chi connectivity index (χ0n) is 14.5. The van der Waals surface area contributed by atoms with E-state index in [1.807, 2.05) is 55.5 Å². The summed E-state index contributed by atoms with van der Waals surface area (Å²) in [6, 6.07) is 14.9. The van der Waals surface area contributed by atoms with Gasteiger partial charge in [-0.15, -0.1) is 0 Å². The number of hydrogen-bond acceptors (Lipinski definition) is 4. The number of hydrogen-bond donors (Lipinski definition) is 1. The molecule has 1 fully saturated rings. The number of carbonyl (C=O) groups is 2. The Labute approximate surface area is 178 Å². The normalized spacial score (nSPS) is 18.2. The van der Waals surface area contributed by atoms with E-state index < -0.39 is 5.25 Å². The van der Waals surface area contributed by atoms with Crippen molar-refractivity contribution in [3.05, 3.63) is 57.5 Å². The monoisotopic (exact) mass is 509 g/mol. The van der Waals surface area contributed by atoms with E-state index in [9.17, 15) is 9.59 Å². The second-order valence-corrected chi connectivity index (χ2v) is 8.82. The molecule has 2 aromatic carbocycles. The largest absolute Gasteiger partial charge is 0.326 e. The van der Waals surface area contributed by atoms with Gasteiger partial charge in [-0.2, -0.15) is 0 Å². The Balaban J connectivity index is 1.69. The molecule has 0 bridgehead atoms. The molecule has 140 valence electrons. The Bertz CT molecular complexity index is 870. The van der Waals surface area contributed by atoms with Gasteiger partial charge in [0.2, 0.25) is 11.8 Å². The van der Waals surface area contributed by atoms with Crippen LogP contribution in [-0.2, 0) is 9.59 Å². The summed E-state index contributed by atoms with van der Waals surface area (Å²) in [5, 5.41) is 3.00. The topological polar surface area (TPSA) is 61.8 Å². The number of amidine groups is 1. The van der Waals surface area contributed by atoms with Gasteiger partial charge in [-0.1, -0.05) is 43.6 Å². The number of halogens is 2. The molecule has 1 heterocycles. The van der Waals surface area contributed by atoms with E-state index in [-0.39, 0.29) is 18.2 Å². The van der Waals surface area contributed by atoms with Crippen molar-refractivity contribution >= 4 is 72.0 Å². The summed E-state index contributed by atoms with van der Waals surface area (Å²) in [5.41, 5.74) is 1.47. The van der Waals surface area contributed by atoms with Crippen LogP contribution in [0.4, 0.5) is 11.4 Å². The standard InChI is InChI=1S/C19H17Br2N3O2S/c1-2-24-18(26)16(11-17(25)22-14-7-3-12(20)4-8-14)27-19(24)23-15-9-5-13(21)6-10-15/h3-10,16H,2,11H2,1H3,(H,22,25). The molecule has 1 atom stereocenters. The van der Waals surface area contributed by atoms with Crippen LogP contribution >= 0.6 is 43.6 Å². The molecule has 1 aliphatic rings. The molecule has 0 spiro atoms. The van der Waals surface area contributed by atoms with E-state index >= 15 is 0 Å². The molecule has 0 aromatic heterocycles. The fraction of sp³-hybridized carbons (Fsp3) is 0.211. The van der Waals surface area contributed by atoms with Crippen LogP contribution in [0.1, 0.15) is 13.3 Å². The van der Waals surface area contributed by atoms with Crippen molar-refractivity contribution in [2.24, 2.45) is 4.99 Å². The van der Waals surface area contributed by atoms with Crippen molar-refractivity contribution in [3.63, 3.8) is 0 Å². The molecular weight excluding hydrogens is 494 g/mol. The van der Waals surface area contributed by atoms with Crippen LogP contribution in [0.15, 0.2) is 62.5 Å². The molecule has 8 heteroatoms. The fourth-order valence-electron chi connectivity index (χ4n) is 2.56. The molecule has 0 saturated carbocycles. The number of nitrogens with one attached hydrogen (secondary N) is 1. The lowest BCUT2D eigenvalue weighted by Gasteiger charge is -2.13. The van der Waals surface area contributed by atoms with Crippen molar-refractivity contribution in [1.29, 1.82) is 0 Å². The van der Waals surface area contributed by atoms with Crippen LogP contribution < -0.4 is 5.32 Å². The van der Waals surface area contributed by atoms with Crippen molar-refractivity contribution in [1.82, 2.24) is 4.90 Å². The molecule has 3 rings (SSSR count). The van der Waals surface area contributed by atoms with Crippen molar-refractivity contribution in [2.45, 2.75) is 18.6 Å². The molecular formula is C19H17Br2N3O2S. The molecule has 1 aliphatic heterocycles. The van der Waals surface area contributed by atoms with Crippen LogP contribution in [0.2, 0.25) is 0 Å². The summed E-state index contributed by atoms with van der Waals surface area (Å²) < 4.78 is 1.91. The zero-order chi connectivity index (χ0) is 19.4. The second-order valence-electron chi connectivity index (χ2n) is 5.82. The number of anilines is 1. The average Bonchev–Trinajstić information content (AvgIpc) is 2.93. The summed E-state index contributed by atoms with van der Waals surface area (Å²) >= 11 is 8.09. The molecule has 2 aromatic rings. The number of thioether (sulfide) groups is 1. The zero-order valence-corrected chi connectivity index (χ0v) is 18.5. The Morgan fingerprint density at radius 1 is 1.11 bits per heavy atom. The highest BCUT2D eigenvalue weighted by Gasteiger charge is 2.38. The van der Waals surface area contributed by atoms with Crippen LogP contribution in [0.3, 0.4) is 0 Å². The number of rotatable bonds is 5. The summed E-state index contributed by atoms with van der Waals surface area (Å²) in [7, 11) is 0. The van der Waals surface area contributed by atoms with Crippen LogP contribution in [0.25, 0.3) is 0 Å². The van der Waals surface area contributed by atoms with E-state index in [0.29, 0.717) is 17.4 Å². The van der Waals surface area contributed by atoms with Gasteiger partial charge < -0.3 is 5.32 Å². The van der Waals surface area contributed by atoms with Crippen molar-refractivity contribution in [3.8, 4) is 0 Å². The molecule has 1 unspecified atom stereocenters. The van der Waals surface area contributed by atoms with E-state index in [0.717, 1.165) is 14.6 Å². The molecule has 5 nitrogen and oxygen atoms in total. The molecule has 1 saturated heterocycles. The highest BCUT2D eigenvalue weighted by atomic mass is 79.9. The van der Waals surface area contributed by atoms with E-state index in [2.05, 4.69) is 42.2 Å². The maximum atomic E-state index is 12.7. The first-order chi connectivity index (χ1) is 13.0. The first-order valence-electron chi connectivity index (χ1n) is 8.34. The summed E-state index contributed by atoms with van der Waals surface area (Å²) in [4.78, 5) is 31.2. The van der Waals surface area contributed by atoms with Gasteiger partial charge >= 0.3 is 0 Å². The number of amides is 2. The molecule has 0 radical (unpaired) electrons. The molecule has 2 amide bonds. The number of carbonyl (C=O) groups excluding carboxylic acids is 2. The van der Waals surface area contributed by atoms with Gasteiger partial charge in [-0.3, -0.25) is 14.5 Å². The highest BCUT2D eigenvalue weighted by Crippen LogP contribution is 2.32. The quantitative estimate of drug-likeness (QED) is 0.601. The maximum Gasteiger partial charge on any atom is 0.242 e. The first kappa shape index (κ1) is 20.1. The second kappa shape index (κ2) is 9.03. The van der Waals surface area contributed by atoms with Crippen LogP contribution in [0.5, 0.6) is 0 Å². The molecule has 0 aliphatic carbocycles. The summed E-state index contributed by atoms with van der Waals surface area (Å²) in [5.74, 6) is -0.270. The number of nitrogens with zero attached hydrogens (tertiary/aromatic N) is 2. The fourth-order valence-corrected chi connectivity index (χ4v) is 4.31. The minimum Gasteiger partial charge on any atom is -0.326 e. The third-order valence-electron chi connectivity index (χ3n) is 3.89. The van der Waals surface area contributed by atoms with Crippen LogP contribution in [-0.4, -0.2) is 33.7 Å². The van der Waals surface area contributed by atoms with E-state index in [1.165, 1.54) is 11.8 Å². The Morgan fingerprint density at radius 2 is 1.70 bits per heavy atom. The average molecular weight is 511 g/mol. The minimum absolute atomic E-state index is 0.0793. The van der Waals surface area contributed by atoms with Gasteiger partial charge in [-0.25, -0.2) is 4.99 Å². The Kier molecular flexibility index (Phi) is 6.73. The third-order valence-corrected chi connectivity index (χ3v) is 6.12. The first-order valence-corrected chi connectivity index (χ1v) is 10.8. The van der Waals surface area contributed by atoms with Gasteiger partial charge in [0.15, 0.2) is 5.17 Å². The third kappa shape index (κ3) is 5.21. The van der Waals surface area contributed by atoms with E-state index in [1.54, 1.807) is 4.90 Å². The van der Waals surface area contributed by atoms with Gasteiger partial charge in [0.25, 0.3) is 0 Å². The smallest absolute Gasteiger partial charge is 0.242 e. The highest BCUT2D eigenvalue weighted by molar-refractivity contribution is 9.10. The molecule has 27 heavy (non-hydrogen) atoms. The van der Waals surface area contributed by atoms with Gasteiger partial charge in [0, 0.05) is 27.6 Å². The van der Waals surface area contributed by atoms with Crippen molar-refractivity contribution in [2.75, 3.05) is 11.9 Å². The number of benzene rings is 2. The predicted octanol–water partition coefficient (Wildman–Crippen LogP) is 5.19. The Morgan fingerprint density at radius 3 is 2.30 bits per heavy atom. The summed E-state index contributed by atoms with van der Waals surface area (Å²) in [6.45, 7) is 2.42. The lowest BCUT2D eigenvalue weighted by molar-refractivity contribution is -0.128. The van der Waals surface area contributed by atoms with Gasteiger partial charge in [0.1, 0.15) is 5.25 Å². The van der Waals surface area contributed by atoms with Crippen molar-refractivity contribution < 1.29 is 9.59 Å². The van der Waals surface area contributed by atoms with Crippen LogP contribution in [0, 0.1) is 0 Å².